The fourth-order valence-electron chi connectivity index (χ4n) is 3.30. The van der Waals surface area contributed by atoms with Crippen molar-refractivity contribution in [3.05, 3.63) is 48.0 Å². The van der Waals surface area contributed by atoms with Crippen LogP contribution >= 0.6 is 0 Å². The fourth-order valence-corrected chi connectivity index (χ4v) is 3.30. The summed E-state index contributed by atoms with van der Waals surface area (Å²) in [4.78, 5) is 26.1. The highest BCUT2D eigenvalue weighted by molar-refractivity contribution is 5.80. The van der Waals surface area contributed by atoms with Gasteiger partial charge in [0.1, 0.15) is 17.7 Å². The first kappa shape index (κ1) is 18.3. The van der Waals surface area contributed by atoms with E-state index in [-0.39, 0.29) is 6.09 Å². The quantitative estimate of drug-likeness (QED) is 0.724. The van der Waals surface area contributed by atoms with Gasteiger partial charge in [-0.05, 0) is 51.5 Å². The first-order valence-electron chi connectivity index (χ1n) is 9.45. The second-order valence-corrected chi connectivity index (χ2v) is 7.90. The maximum atomic E-state index is 12.4. The molecule has 0 unspecified atom stereocenters. The molecule has 1 aliphatic heterocycles. The van der Waals surface area contributed by atoms with Gasteiger partial charge in [-0.1, -0.05) is 0 Å². The number of aromatic amines is 1. The maximum absolute atomic E-state index is 12.4. The highest BCUT2D eigenvalue weighted by Crippen LogP contribution is 2.29. The Morgan fingerprint density at radius 1 is 1.14 bits per heavy atom. The summed E-state index contributed by atoms with van der Waals surface area (Å²) in [7, 11) is 0. The van der Waals surface area contributed by atoms with E-state index < -0.39 is 5.60 Å². The smallest absolute Gasteiger partial charge is 0.410 e. The molecule has 4 rings (SSSR count). The molecule has 0 spiro atoms. The third-order valence-corrected chi connectivity index (χ3v) is 4.64. The minimum absolute atomic E-state index is 0.298. The van der Waals surface area contributed by atoms with E-state index in [1.54, 1.807) is 4.90 Å². The van der Waals surface area contributed by atoms with Crippen molar-refractivity contribution in [3.8, 4) is 11.6 Å². The number of nitrogens with zero attached hydrogens (tertiary/aromatic N) is 3. The summed E-state index contributed by atoms with van der Waals surface area (Å²) in [6.45, 7) is 6.72. The van der Waals surface area contributed by atoms with Crippen LogP contribution in [0.25, 0.3) is 10.9 Å². The van der Waals surface area contributed by atoms with Crippen molar-refractivity contribution in [2.45, 2.75) is 39.2 Å². The van der Waals surface area contributed by atoms with Gasteiger partial charge in [-0.15, -0.1) is 0 Å². The van der Waals surface area contributed by atoms with E-state index in [1.165, 1.54) is 6.33 Å². The van der Waals surface area contributed by atoms with E-state index in [0.717, 1.165) is 27.9 Å². The third-order valence-electron chi connectivity index (χ3n) is 4.64. The Morgan fingerprint density at radius 3 is 2.79 bits per heavy atom. The molecule has 1 N–H and O–H groups in total. The molecule has 0 saturated heterocycles. The molecule has 1 amide bonds. The average Bonchev–Trinajstić information content (AvgIpc) is 2.97. The van der Waals surface area contributed by atoms with Gasteiger partial charge in [-0.2, -0.15) is 0 Å². The molecule has 1 aromatic carbocycles. The Hall–Kier alpha value is -3.09. The summed E-state index contributed by atoms with van der Waals surface area (Å²) in [6.07, 6.45) is 4.39. The largest absolute Gasteiger partial charge is 0.444 e. The first-order chi connectivity index (χ1) is 13.4. The van der Waals surface area contributed by atoms with Gasteiger partial charge in [0.15, 0.2) is 0 Å². The number of H-pyrrole nitrogens is 1. The molecule has 0 atom stereocenters. The topological polar surface area (TPSA) is 80.3 Å². The van der Waals surface area contributed by atoms with Crippen LogP contribution in [0.15, 0.2) is 36.8 Å². The number of hydrogen-bond donors (Lipinski definition) is 1. The van der Waals surface area contributed by atoms with Crippen molar-refractivity contribution in [2.24, 2.45) is 0 Å². The average molecular weight is 380 g/mol. The molecule has 7 nitrogen and oxygen atoms in total. The minimum Gasteiger partial charge on any atom is -0.444 e. The van der Waals surface area contributed by atoms with Crippen LogP contribution in [0.4, 0.5) is 4.79 Å². The SMILES string of the molecule is CC(C)(C)OC(=O)N1CCc2ncnc(Oc3ccc4[nH]ccc4c3)c2CC1. The van der Waals surface area contributed by atoms with Gasteiger partial charge >= 0.3 is 6.09 Å². The standard InChI is InChI=1S/C21H24N4O3/c1-21(2,3)28-20(26)25-10-7-16-18(8-11-25)23-13-24-19(16)27-15-4-5-17-14(12-15)6-9-22-17/h4-6,9,12-13,22H,7-8,10-11H2,1-3H3. The molecule has 0 bridgehead atoms. The lowest BCUT2D eigenvalue weighted by atomic mass is 10.1. The van der Waals surface area contributed by atoms with Gasteiger partial charge in [0.05, 0.1) is 5.69 Å². The second-order valence-electron chi connectivity index (χ2n) is 7.90. The molecular formula is C21H24N4O3. The van der Waals surface area contributed by atoms with E-state index in [2.05, 4.69) is 15.0 Å². The summed E-state index contributed by atoms with van der Waals surface area (Å²) in [5.74, 6) is 1.27. The molecule has 0 fully saturated rings. The summed E-state index contributed by atoms with van der Waals surface area (Å²) in [5.41, 5.74) is 2.41. The minimum atomic E-state index is -0.513. The Kier molecular flexibility index (Phi) is 4.66. The van der Waals surface area contributed by atoms with E-state index in [4.69, 9.17) is 9.47 Å². The van der Waals surface area contributed by atoms with Gasteiger partial charge < -0.3 is 19.4 Å². The van der Waals surface area contributed by atoms with Gasteiger partial charge in [0.25, 0.3) is 0 Å². The Bertz CT molecular complexity index is 1010. The van der Waals surface area contributed by atoms with Crippen molar-refractivity contribution in [1.29, 1.82) is 0 Å². The van der Waals surface area contributed by atoms with Crippen LogP contribution < -0.4 is 4.74 Å². The van der Waals surface area contributed by atoms with E-state index in [1.807, 2.05) is 51.2 Å². The zero-order chi connectivity index (χ0) is 19.7. The number of benzene rings is 1. The van der Waals surface area contributed by atoms with Crippen molar-refractivity contribution in [1.82, 2.24) is 19.9 Å². The predicted octanol–water partition coefficient (Wildman–Crippen LogP) is 4.09. The molecule has 0 aliphatic carbocycles. The Balaban J connectivity index is 1.53. The van der Waals surface area contributed by atoms with Crippen molar-refractivity contribution >= 4 is 17.0 Å². The second kappa shape index (κ2) is 7.14. The number of rotatable bonds is 2. The normalized spacial score (nSPS) is 14.5. The number of nitrogens with one attached hydrogen (secondary N) is 1. The summed E-state index contributed by atoms with van der Waals surface area (Å²) < 4.78 is 11.6. The lowest BCUT2D eigenvalue weighted by molar-refractivity contribution is 0.0258. The summed E-state index contributed by atoms with van der Waals surface area (Å²) >= 11 is 0. The van der Waals surface area contributed by atoms with Crippen molar-refractivity contribution in [3.63, 3.8) is 0 Å². The molecule has 1 aliphatic rings. The number of carbonyl (C=O) groups excluding carboxylic acids is 1. The molecule has 0 saturated carbocycles. The maximum Gasteiger partial charge on any atom is 0.410 e. The lowest BCUT2D eigenvalue weighted by Crippen LogP contribution is -2.38. The highest BCUT2D eigenvalue weighted by Gasteiger charge is 2.26. The van der Waals surface area contributed by atoms with Crippen LogP contribution in [0.1, 0.15) is 32.0 Å². The highest BCUT2D eigenvalue weighted by atomic mass is 16.6. The number of amides is 1. The molecule has 3 aromatic rings. The van der Waals surface area contributed by atoms with Crippen LogP contribution in [0.2, 0.25) is 0 Å². The van der Waals surface area contributed by atoms with E-state index in [0.29, 0.717) is 31.8 Å². The first-order valence-corrected chi connectivity index (χ1v) is 9.45. The number of ether oxygens (including phenoxy) is 2. The number of aromatic nitrogens is 3. The lowest BCUT2D eigenvalue weighted by Gasteiger charge is -2.26. The zero-order valence-corrected chi connectivity index (χ0v) is 16.4. The van der Waals surface area contributed by atoms with Crippen LogP contribution in [-0.4, -0.2) is 44.6 Å². The molecule has 2 aromatic heterocycles. The van der Waals surface area contributed by atoms with Crippen LogP contribution in [0.5, 0.6) is 11.6 Å². The molecule has 28 heavy (non-hydrogen) atoms. The number of hydrogen-bond acceptors (Lipinski definition) is 5. The molecule has 3 heterocycles. The van der Waals surface area contributed by atoms with Gasteiger partial charge in [0.2, 0.25) is 5.88 Å². The third kappa shape index (κ3) is 3.93. The Morgan fingerprint density at radius 2 is 1.96 bits per heavy atom. The molecule has 146 valence electrons. The fraction of sp³-hybridized carbons (Fsp3) is 0.381. The summed E-state index contributed by atoms with van der Waals surface area (Å²) in [6, 6.07) is 7.87. The molecular weight excluding hydrogens is 356 g/mol. The van der Waals surface area contributed by atoms with Gasteiger partial charge in [0, 0.05) is 42.2 Å². The van der Waals surface area contributed by atoms with E-state index in [9.17, 15) is 4.79 Å². The van der Waals surface area contributed by atoms with Crippen molar-refractivity contribution in [2.75, 3.05) is 13.1 Å². The summed E-state index contributed by atoms with van der Waals surface area (Å²) in [5, 5.41) is 1.08. The molecule has 0 radical (unpaired) electrons. The number of fused-ring (bicyclic) bond motifs is 2. The van der Waals surface area contributed by atoms with Gasteiger partial charge in [-0.25, -0.2) is 14.8 Å². The van der Waals surface area contributed by atoms with Crippen LogP contribution in [-0.2, 0) is 17.6 Å². The Labute approximate surface area is 163 Å². The monoisotopic (exact) mass is 380 g/mol. The van der Waals surface area contributed by atoms with Crippen LogP contribution in [0, 0.1) is 0 Å². The van der Waals surface area contributed by atoms with Gasteiger partial charge in [-0.3, -0.25) is 0 Å². The number of carbonyl (C=O) groups is 1. The van der Waals surface area contributed by atoms with Crippen LogP contribution in [0.3, 0.4) is 0 Å². The molecule has 7 heteroatoms. The zero-order valence-electron chi connectivity index (χ0n) is 16.4. The predicted molar refractivity (Wildman–Crippen MR) is 106 cm³/mol. The van der Waals surface area contributed by atoms with Crippen molar-refractivity contribution < 1.29 is 14.3 Å². The van der Waals surface area contributed by atoms with E-state index >= 15 is 0 Å².